The maximum atomic E-state index is 9.56. The first-order valence-electron chi connectivity index (χ1n) is 10.5. The number of aromatic nitrogens is 1. The third-order valence-corrected chi connectivity index (χ3v) is 6.98. The van der Waals surface area contributed by atoms with Crippen molar-refractivity contribution >= 4 is 16.3 Å². The van der Waals surface area contributed by atoms with Gasteiger partial charge in [-0.2, -0.15) is 4.98 Å². The fourth-order valence-corrected chi connectivity index (χ4v) is 5.12. The van der Waals surface area contributed by atoms with E-state index in [1.807, 2.05) is 18.5 Å². The molecule has 29 heavy (non-hydrogen) atoms. The average Bonchev–Trinajstić information content (AvgIpc) is 3.07. The Bertz CT molecular complexity index is 770. The molecule has 2 unspecified atom stereocenters. The number of anilines is 1. The highest BCUT2D eigenvalue weighted by Crippen LogP contribution is 2.38. The summed E-state index contributed by atoms with van der Waals surface area (Å²) >= 11 is 0. The van der Waals surface area contributed by atoms with Crippen LogP contribution in [0.25, 0.3) is 0 Å². The van der Waals surface area contributed by atoms with E-state index in [0.29, 0.717) is 12.5 Å². The number of aryl methyl sites for hydroxylation is 1. The van der Waals surface area contributed by atoms with E-state index < -0.39 is 6.10 Å². The van der Waals surface area contributed by atoms with Gasteiger partial charge in [-0.1, -0.05) is 30.3 Å². The Morgan fingerprint density at radius 3 is 2.52 bits per heavy atom. The van der Waals surface area contributed by atoms with Crippen LogP contribution in [0.4, 0.5) is 5.69 Å². The molecule has 0 bridgehead atoms. The predicted octanol–water partition coefficient (Wildman–Crippen LogP) is 3.78. The van der Waals surface area contributed by atoms with Gasteiger partial charge in [-0.05, 0) is 38.3 Å². The largest absolute Gasteiger partial charge is 0.491 e. The molecule has 0 amide bonds. The normalized spacial score (nSPS) is 16.9. The van der Waals surface area contributed by atoms with E-state index in [2.05, 4.69) is 46.2 Å². The highest BCUT2D eigenvalue weighted by Gasteiger charge is 2.32. The molecule has 160 valence electrons. The Morgan fingerprint density at radius 2 is 1.83 bits per heavy atom. The first-order valence-corrected chi connectivity index (χ1v) is 11.7. The van der Waals surface area contributed by atoms with Crippen LogP contribution >= 0.6 is 10.7 Å². The Hall–Kier alpha value is -1.83. The quantitative estimate of drug-likeness (QED) is 0.623. The topological polar surface area (TPSA) is 58.1 Å². The minimum atomic E-state index is -0.481. The van der Waals surface area contributed by atoms with Crippen molar-refractivity contribution in [2.24, 2.45) is 5.92 Å². The van der Waals surface area contributed by atoms with Gasteiger partial charge in [-0.15, -0.1) is 0 Å². The highest BCUT2D eigenvalue weighted by atomic mass is 32.2. The van der Waals surface area contributed by atoms with Crippen LogP contribution in [0.15, 0.2) is 29.8 Å². The van der Waals surface area contributed by atoms with Crippen molar-refractivity contribution in [3.05, 3.63) is 35.5 Å². The minimum Gasteiger partial charge on any atom is -0.491 e. The summed E-state index contributed by atoms with van der Waals surface area (Å²) in [6.45, 7) is 13.0. The summed E-state index contributed by atoms with van der Waals surface area (Å²) in [5, 5.41) is 10.5. The molecule has 1 fully saturated rings. The molecule has 0 radical (unpaired) electrons. The standard InChI is InChI=1S/C22H34N3O3S/c1-17(2)9-14-27-21-8-6-5-7-20(21)24-10-12-25(13-11-24)29-16-23-19(4)22(29)28-15-18(3)26/h5-8,16-18,26H,9-15H2,1-4H3/q+1. The molecule has 1 saturated heterocycles. The van der Waals surface area contributed by atoms with E-state index >= 15 is 0 Å². The van der Waals surface area contributed by atoms with Gasteiger partial charge in [0.25, 0.3) is 5.51 Å². The van der Waals surface area contributed by atoms with Gasteiger partial charge in [-0.3, -0.25) is 0 Å². The van der Waals surface area contributed by atoms with E-state index in [4.69, 9.17) is 9.47 Å². The smallest absolute Gasteiger partial charge is 0.373 e. The molecule has 6 nitrogen and oxygen atoms in total. The molecule has 3 rings (SSSR count). The Labute approximate surface area is 177 Å². The minimum absolute atomic E-state index is 0.255. The molecule has 1 aliphatic rings. The maximum absolute atomic E-state index is 9.56. The summed E-state index contributed by atoms with van der Waals surface area (Å²) in [7, 11) is -0.255. The predicted molar refractivity (Wildman–Crippen MR) is 120 cm³/mol. The number of nitrogens with zero attached hydrogens (tertiary/aromatic N) is 3. The first-order chi connectivity index (χ1) is 14.0. The lowest BCUT2D eigenvalue weighted by atomic mass is 10.1. The van der Waals surface area contributed by atoms with E-state index in [1.165, 1.54) is 5.69 Å². The molecular formula is C22H34N3O3S+. The molecule has 2 aromatic rings. The van der Waals surface area contributed by atoms with Gasteiger partial charge in [-0.25, -0.2) is 0 Å². The van der Waals surface area contributed by atoms with Gasteiger partial charge < -0.3 is 19.5 Å². The van der Waals surface area contributed by atoms with Crippen LogP contribution < -0.4 is 18.7 Å². The monoisotopic (exact) mass is 420 g/mol. The second-order valence-corrected chi connectivity index (χ2v) is 9.72. The van der Waals surface area contributed by atoms with Crippen molar-refractivity contribution in [1.29, 1.82) is 0 Å². The fraction of sp³-hybridized carbons (Fsp3) is 0.591. The lowest BCUT2D eigenvalue weighted by Gasteiger charge is -2.33. The van der Waals surface area contributed by atoms with E-state index in [0.717, 1.165) is 55.7 Å². The van der Waals surface area contributed by atoms with E-state index in [-0.39, 0.29) is 10.7 Å². The van der Waals surface area contributed by atoms with Crippen molar-refractivity contribution in [3.63, 3.8) is 0 Å². The molecule has 2 heterocycles. The molecule has 1 aromatic carbocycles. The zero-order valence-electron chi connectivity index (χ0n) is 18.0. The molecule has 7 heteroatoms. The Kier molecular flexibility index (Phi) is 7.75. The van der Waals surface area contributed by atoms with Gasteiger partial charge in [0, 0.05) is 13.1 Å². The van der Waals surface area contributed by atoms with Gasteiger partial charge >= 0.3 is 5.06 Å². The van der Waals surface area contributed by atoms with Crippen LogP contribution in [0.5, 0.6) is 10.8 Å². The number of rotatable bonds is 9. The number of aliphatic hydroxyl groups is 1. The number of para-hydroxylation sites is 2. The number of hydrogen-bond donors (Lipinski definition) is 1. The van der Waals surface area contributed by atoms with Crippen LogP contribution in [0, 0.1) is 12.8 Å². The van der Waals surface area contributed by atoms with Gasteiger partial charge in [0.15, 0.2) is 0 Å². The van der Waals surface area contributed by atoms with Gasteiger partial charge in [0.2, 0.25) is 0 Å². The van der Waals surface area contributed by atoms with Crippen LogP contribution in [-0.4, -0.2) is 55.6 Å². The van der Waals surface area contributed by atoms with E-state index in [1.54, 1.807) is 6.92 Å². The summed E-state index contributed by atoms with van der Waals surface area (Å²) in [5.41, 5.74) is 4.09. The van der Waals surface area contributed by atoms with Crippen molar-refractivity contribution in [2.75, 3.05) is 48.6 Å². The number of piperazine rings is 1. The molecule has 1 aromatic heterocycles. The van der Waals surface area contributed by atoms with Crippen molar-refractivity contribution in [3.8, 4) is 10.8 Å². The number of benzene rings is 1. The summed E-state index contributed by atoms with van der Waals surface area (Å²) < 4.78 is 14.4. The SMILES string of the molecule is Cc1nc[s+](N2CCN(c3ccccc3OCCC(C)C)CC2)c1OCC(C)O. The number of aliphatic hydroxyl groups excluding tert-OH is 1. The van der Waals surface area contributed by atoms with Crippen molar-refractivity contribution in [1.82, 2.24) is 4.98 Å². The van der Waals surface area contributed by atoms with Crippen molar-refractivity contribution < 1.29 is 14.6 Å². The highest BCUT2D eigenvalue weighted by molar-refractivity contribution is 7.33. The van der Waals surface area contributed by atoms with Crippen LogP contribution in [0.2, 0.25) is 0 Å². The van der Waals surface area contributed by atoms with Crippen LogP contribution in [0.1, 0.15) is 32.9 Å². The molecule has 0 spiro atoms. The summed E-state index contributed by atoms with van der Waals surface area (Å²) in [6, 6.07) is 8.35. The summed E-state index contributed by atoms with van der Waals surface area (Å²) in [6.07, 6.45) is 0.580. The Morgan fingerprint density at radius 1 is 1.10 bits per heavy atom. The third kappa shape index (κ3) is 5.84. The first kappa shape index (κ1) is 21.9. The fourth-order valence-electron chi connectivity index (χ4n) is 3.30. The second-order valence-electron chi connectivity index (χ2n) is 8.00. The van der Waals surface area contributed by atoms with Crippen LogP contribution in [0.3, 0.4) is 0 Å². The molecule has 1 N–H and O–H groups in total. The summed E-state index contributed by atoms with van der Waals surface area (Å²) in [5.74, 6) is 1.62. The number of thiazole rings is 1. The zero-order chi connectivity index (χ0) is 20.8. The van der Waals surface area contributed by atoms with Gasteiger partial charge in [0.1, 0.15) is 28.7 Å². The Balaban J connectivity index is 1.63. The molecule has 2 atom stereocenters. The molecular weight excluding hydrogens is 386 g/mol. The number of hydrogen-bond acceptors (Lipinski definition) is 6. The average molecular weight is 421 g/mol. The second kappa shape index (κ2) is 10.3. The lowest BCUT2D eigenvalue weighted by Crippen LogP contribution is -2.46. The molecule has 1 aliphatic heterocycles. The van der Waals surface area contributed by atoms with Crippen LogP contribution in [-0.2, 0) is 0 Å². The van der Waals surface area contributed by atoms with E-state index in [9.17, 15) is 5.11 Å². The van der Waals surface area contributed by atoms with Gasteiger partial charge in [0.05, 0.1) is 31.5 Å². The lowest BCUT2D eigenvalue weighted by molar-refractivity contribution is 0.124. The third-order valence-electron chi connectivity index (χ3n) is 4.96. The molecule has 0 saturated carbocycles. The molecule has 0 aliphatic carbocycles. The van der Waals surface area contributed by atoms with Crippen molar-refractivity contribution in [2.45, 2.75) is 40.2 Å². The summed E-state index contributed by atoms with van der Waals surface area (Å²) in [4.78, 5) is 6.88. The number of ether oxygens (including phenoxy) is 2. The maximum Gasteiger partial charge on any atom is 0.373 e. The zero-order valence-corrected chi connectivity index (χ0v) is 18.8.